The smallest absolute Gasteiger partial charge is 0.186 e. The minimum absolute atomic E-state index is 1.06. The Labute approximate surface area is 92.7 Å². The molecule has 0 aliphatic carbocycles. The van der Waals surface area contributed by atoms with Crippen LogP contribution < -0.4 is 10.2 Å². The van der Waals surface area contributed by atoms with Crippen molar-refractivity contribution in [3.8, 4) is 0 Å². The lowest BCUT2D eigenvalue weighted by atomic mass is 10.3. The average Bonchev–Trinajstić information content (AvgIpc) is 2.74. The van der Waals surface area contributed by atoms with Gasteiger partial charge in [-0.3, -0.25) is 0 Å². The van der Waals surface area contributed by atoms with Crippen LogP contribution in [0.5, 0.6) is 0 Å². The number of nitrogens with zero attached hydrogens (tertiary/aromatic N) is 2. The van der Waals surface area contributed by atoms with Crippen LogP contribution in [0.15, 0.2) is 18.2 Å². The summed E-state index contributed by atoms with van der Waals surface area (Å²) in [6.45, 7) is 4.23. The fourth-order valence-electron chi connectivity index (χ4n) is 1.80. The monoisotopic (exact) mass is 218 g/mol. The Kier molecular flexibility index (Phi) is 2.31. The van der Waals surface area contributed by atoms with E-state index in [0.29, 0.717) is 0 Å². The van der Waals surface area contributed by atoms with Gasteiger partial charge in [-0.25, -0.2) is 4.98 Å². The molecule has 0 spiro atoms. The summed E-state index contributed by atoms with van der Waals surface area (Å²) >= 11 is 1.76. The summed E-state index contributed by atoms with van der Waals surface area (Å²) in [5.41, 5.74) is 1.09. The molecule has 0 unspecified atom stereocenters. The molecule has 2 heterocycles. The Morgan fingerprint density at radius 3 is 3.07 bits per heavy atom. The number of thiazole rings is 1. The van der Waals surface area contributed by atoms with E-state index in [1.165, 1.54) is 4.70 Å². The highest BCUT2D eigenvalue weighted by Crippen LogP contribution is 2.28. The number of rotatable bonds is 1. The molecular weight excluding hydrogens is 206 g/mol. The van der Waals surface area contributed by atoms with Gasteiger partial charge in [0.1, 0.15) is 0 Å². The fraction of sp³-hybridized carbons (Fsp3) is 0.364. The summed E-state index contributed by atoms with van der Waals surface area (Å²) in [5, 5.41) is 4.49. The summed E-state index contributed by atoms with van der Waals surface area (Å²) in [7, 11) is 0. The number of benzene rings is 1. The van der Waals surface area contributed by atoms with Gasteiger partial charge in [-0.2, -0.15) is 0 Å². The topological polar surface area (TPSA) is 28.2 Å². The molecule has 1 N–H and O–H groups in total. The van der Waals surface area contributed by atoms with Crippen LogP contribution in [0.2, 0.25) is 0 Å². The van der Waals surface area contributed by atoms with Gasteiger partial charge in [0.05, 0.1) is 10.2 Å². The highest BCUT2D eigenvalue weighted by Gasteiger charge is 2.14. The van der Waals surface area contributed by atoms with Crippen molar-refractivity contribution in [1.82, 2.24) is 10.3 Å². The van der Waals surface area contributed by atoms with Crippen LogP contribution in [0.25, 0.3) is 10.2 Å². The lowest BCUT2D eigenvalue weighted by molar-refractivity contribution is 0.588. The van der Waals surface area contributed by atoms with E-state index in [0.717, 1.165) is 36.8 Å². The molecule has 2 aromatic rings. The maximum Gasteiger partial charge on any atom is 0.186 e. The molecule has 3 rings (SSSR count). The molecule has 15 heavy (non-hydrogen) atoms. The quantitative estimate of drug-likeness (QED) is 0.786. The largest absolute Gasteiger partial charge is 0.346 e. The van der Waals surface area contributed by atoms with E-state index < -0.39 is 0 Å². The van der Waals surface area contributed by atoms with Gasteiger partial charge in [-0.1, -0.05) is 17.4 Å². The molecule has 1 fully saturated rings. The summed E-state index contributed by atoms with van der Waals surface area (Å²) < 4.78 is 1.23. The molecule has 77 valence electrons. The molecule has 1 aliphatic heterocycles. The third-order valence-electron chi connectivity index (χ3n) is 2.61. The highest BCUT2D eigenvalue weighted by atomic mass is 32.1. The van der Waals surface area contributed by atoms with Crippen LogP contribution >= 0.6 is 11.3 Å². The summed E-state index contributed by atoms with van der Waals surface area (Å²) in [4.78, 5) is 6.98. The van der Waals surface area contributed by atoms with Crippen molar-refractivity contribution in [2.45, 2.75) is 0 Å². The van der Waals surface area contributed by atoms with Crippen molar-refractivity contribution in [2.75, 3.05) is 31.1 Å². The van der Waals surface area contributed by atoms with Gasteiger partial charge < -0.3 is 10.2 Å². The zero-order valence-corrected chi connectivity index (χ0v) is 9.18. The van der Waals surface area contributed by atoms with Gasteiger partial charge in [0, 0.05) is 26.2 Å². The maximum absolute atomic E-state index is 4.63. The number of piperazine rings is 1. The molecule has 3 nitrogen and oxygen atoms in total. The van der Waals surface area contributed by atoms with E-state index in [1.807, 2.05) is 18.2 Å². The molecule has 1 aromatic heterocycles. The number of nitrogens with one attached hydrogen (secondary N) is 1. The SMILES string of the molecule is [c]1ccc2nc(N3CCNCC3)sc2c1. The minimum Gasteiger partial charge on any atom is -0.346 e. The van der Waals surface area contributed by atoms with Crippen molar-refractivity contribution in [3.63, 3.8) is 0 Å². The second-order valence-electron chi connectivity index (χ2n) is 3.63. The van der Waals surface area contributed by atoms with Crippen LogP contribution in [-0.4, -0.2) is 31.2 Å². The van der Waals surface area contributed by atoms with E-state index in [4.69, 9.17) is 0 Å². The Morgan fingerprint density at radius 2 is 2.27 bits per heavy atom. The number of hydrogen-bond donors (Lipinski definition) is 1. The fourth-order valence-corrected chi connectivity index (χ4v) is 2.79. The van der Waals surface area contributed by atoms with E-state index in [2.05, 4.69) is 21.3 Å². The molecule has 4 heteroatoms. The first kappa shape index (κ1) is 9.12. The minimum atomic E-state index is 1.06. The molecule has 0 amide bonds. The van der Waals surface area contributed by atoms with E-state index in [9.17, 15) is 0 Å². The first-order valence-electron chi connectivity index (χ1n) is 5.16. The molecule has 1 radical (unpaired) electrons. The first-order valence-corrected chi connectivity index (χ1v) is 5.97. The molecule has 0 atom stereocenters. The number of fused-ring (bicyclic) bond motifs is 1. The lowest BCUT2D eigenvalue weighted by Crippen LogP contribution is -2.43. The molecule has 1 saturated heterocycles. The third-order valence-corrected chi connectivity index (χ3v) is 3.69. The van der Waals surface area contributed by atoms with E-state index in [-0.39, 0.29) is 0 Å². The van der Waals surface area contributed by atoms with Crippen LogP contribution in [0.4, 0.5) is 5.13 Å². The lowest BCUT2D eigenvalue weighted by Gasteiger charge is -2.26. The molecular formula is C11H12N3S. The van der Waals surface area contributed by atoms with Gasteiger partial charge in [-0.05, 0) is 18.2 Å². The van der Waals surface area contributed by atoms with Gasteiger partial charge in [0.15, 0.2) is 5.13 Å². The number of anilines is 1. The Hall–Kier alpha value is -1.13. The number of hydrogen-bond acceptors (Lipinski definition) is 4. The predicted molar refractivity (Wildman–Crippen MR) is 63.5 cm³/mol. The predicted octanol–water partition coefficient (Wildman–Crippen LogP) is 1.51. The molecule has 1 aliphatic rings. The van der Waals surface area contributed by atoms with Gasteiger partial charge >= 0.3 is 0 Å². The maximum atomic E-state index is 4.63. The van der Waals surface area contributed by atoms with Crippen molar-refractivity contribution >= 4 is 26.7 Å². The Balaban J connectivity index is 1.96. The van der Waals surface area contributed by atoms with Crippen LogP contribution in [0.1, 0.15) is 0 Å². The van der Waals surface area contributed by atoms with Crippen molar-refractivity contribution in [2.24, 2.45) is 0 Å². The first-order chi connectivity index (χ1) is 7.43. The van der Waals surface area contributed by atoms with E-state index >= 15 is 0 Å². The van der Waals surface area contributed by atoms with Crippen molar-refractivity contribution in [3.05, 3.63) is 24.3 Å². The third kappa shape index (κ3) is 1.70. The van der Waals surface area contributed by atoms with Gasteiger partial charge in [0.25, 0.3) is 0 Å². The second-order valence-corrected chi connectivity index (χ2v) is 4.64. The normalized spacial score (nSPS) is 17.2. The van der Waals surface area contributed by atoms with Gasteiger partial charge in [0.2, 0.25) is 0 Å². The number of aromatic nitrogens is 1. The van der Waals surface area contributed by atoms with Crippen molar-refractivity contribution in [1.29, 1.82) is 0 Å². The standard InChI is InChI=1S/C11H12N3S/c1-2-4-10-9(3-1)13-11(15-10)14-7-5-12-6-8-14/h1,3-4,12H,5-8H2. The van der Waals surface area contributed by atoms with E-state index in [1.54, 1.807) is 11.3 Å². The van der Waals surface area contributed by atoms with Crippen LogP contribution in [-0.2, 0) is 0 Å². The van der Waals surface area contributed by atoms with Crippen LogP contribution in [0.3, 0.4) is 0 Å². The Bertz CT molecular complexity index is 427. The Morgan fingerprint density at radius 1 is 1.40 bits per heavy atom. The zero-order valence-electron chi connectivity index (χ0n) is 8.36. The highest BCUT2D eigenvalue weighted by molar-refractivity contribution is 7.22. The summed E-state index contributed by atoms with van der Waals surface area (Å²) in [6, 6.07) is 9.05. The molecule has 1 aromatic carbocycles. The molecule has 0 bridgehead atoms. The van der Waals surface area contributed by atoms with Crippen molar-refractivity contribution < 1.29 is 0 Å². The molecule has 0 saturated carbocycles. The summed E-state index contributed by atoms with van der Waals surface area (Å²) in [5.74, 6) is 0. The average molecular weight is 218 g/mol. The van der Waals surface area contributed by atoms with Gasteiger partial charge in [-0.15, -0.1) is 0 Å². The van der Waals surface area contributed by atoms with Crippen LogP contribution in [0, 0.1) is 6.07 Å². The summed E-state index contributed by atoms with van der Waals surface area (Å²) in [6.07, 6.45) is 0. The second kappa shape index (κ2) is 3.79. The zero-order chi connectivity index (χ0) is 10.1.